The minimum absolute atomic E-state index is 0.186. The van der Waals surface area contributed by atoms with Crippen LogP contribution in [-0.2, 0) is 11.3 Å². The van der Waals surface area contributed by atoms with Crippen molar-refractivity contribution in [2.45, 2.75) is 13.5 Å². The van der Waals surface area contributed by atoms with E-state index in [1.54, 1.807) is 6.92 Å². The summed E-state index contributed by atoms with van der Waals surface area (Å²) in [5.74, 6) is -2.90. The maximum atomic E-state index is 13.4. The van der Waals surface area contributed by atoms with Crippen molar-refractivity contribution in [3.05, 3.63) is 35.7 Å². The summed E-state index contributed by atoms with van der Waals surface area (Å²) in [6.45, 7) is 1.33. The molecule has 21 heavy (non-hydrogen) atoms. The summed E-state index contributed by atoms with van der Waals surface area (Å²) in [5.41, 5.74) is 1.66. The van der Waals surface area contributed by atoms with Crippen LogP contribution in [0, 0.1) is 18.6 Å². The Morgan fingerprint density at radius 2 is 2.10 bits per heavy atom. The number of halogens is 2. The van der Waals surface area contributed by atoms with E-state index in [0.29, 0.717) is 17.1 Å². The molecular weight excluding hydrogens is 282 g/mol. The van der Waals surface area contributed by atoms with E-state index in [0.717, 1.165) is 12.1 Å². The summed E-state index contributed by atoms with van der Waals surface area (Å²) in [6.07, 6.45) is 1.49. The number of aliphatic carboxylic acids is 1. The van der Waals surface area contributed by atoms with Gasteiger partial charge in [0.15, 0.2) is 11.6 Å². The van der Waals surface area contributed by atoms with Crippen LogP contribution in [0.2, 0.25) is 0 Å². The van der Waals surface area contributed by atoms with E-state index >= 15 is 0 Å². The lowest BCUT2D eigenvalue weighted by atomic mass is 10.2. The van der Waals surface area contributed by atoms with Gasteiger partial charge in [0.05, 0.1) is 22.8 Å². The number of benzene rings is 1. The highest BCUT2D eigenvalue weighted by atomic mass is 19.2. The number of aryl methyl sites for hydroxylation is 1. The van der Waals surface area contributed by atoms with Crippen molar-refractivity contribution in [2.24, 2.45) is 0 Å². The molecule has 0 aliphatic carbocycles. The topological polar surface area (TPSA) is 83.8 Å². The van der Waals surface area contributed by atoms with Gasteiger partial charge in [-0.2, -0.15) is 5.10 Å². The number of H-pyrrole nitrogens is 1. The van der Waals surface area contributed by atoms with Crippen molar-refractivity contribution >= 4 is 17.0 Å². The number of carboxylic acid groups (broad SMARTS) is 1. The first-order valence-electron chi connectivity index (χ1n) is 6.05. The van der Waals surface area contributed by atoms with Crippen LogP contribution in [0.15, 0.2) is 18.3 Å². The second kappa shape index (κ2) is 4.65. The molecule has 3 aromatic rings. The van der Waals surface area contributed by atoms with Crippen molar-refractivity contribution in [1.82, 2.24) is 19.7 Å². The molecule has 0 spiro atoms. The van der Waals surface area contributed by atoms with Crippen LogP contribution in [0.25, 0.3) is 22.4 Å². The maximum absolute atomic E-state index is 13.4. The van der Waals surface area contributed by atoms with Crippen LogP contribution < -0.4 is 0 Å². The van der Waals surface area contributed by atoms with E-state index < -0.39 is 24.1 Å². The first-order chi connectivity index (χ1) is 9.97. The monoisotopic (exact) mass is 292 g/mol. The number of aromatic nitrogens is 4. The first kappa shape index (κ1) is 13.2. The molecule has 0 bridgehead atoms. The summed E-state index contributed by atoms with van der Waals surface area (Å²) >= 11 is 0. The van der Waals surface area contributed by atoms with Crippen molar-refractivity contribution in [1.29, 1.82) is 0 Å². The van der Waals surface area contributed by atoms with Crippen molar-refractivity contribution < 1.29 is 18.7 Å². The van der Waals surface area contributed by atoms with Gasteiger partial charge in [-0.05, 0) is 6.92 Å². The Hall–Kier alpha value is -2.77. The normalized spacial score (nSPS) is 11.2. The van der Waals surface area contributed by atoms with Gasteiger partial charge in [-0.3, -0.25) is 9.89 Å². The second-order valence-electron chi connectivity index (χ2n) is 4.58. The zero-order valence-electron chi connectivity index (χ0n) is 10.9. The predicted octanol–water partition coefficient (Wildman–Crippen LogP) is 2.10. The molecule has 108 valence electrons. The van der Waals surface area contributed by atoms with Crippen LogP contribution in [0.5, 0.6) is 0 Å². The number of carbonyl (C=O) groups is 1. The molecule has 0 saturated carbocycles. The summed E-state index contributed by atoms with van der Waals surface area (Å²) in [4.78, 5) is 15.2. The minimum atomic E-state index is -1.11. The predicted molar refractivity (Wildman–Crippen MR) is 69.6 cm³/mol. The minimum Gasteiger partial charge on any atom is -0.480 e. The molecule has 0 aliphatic rings. The largest absolute Gasteiger partial charge is 0.480 e. The standard InChI is InChI=1S/C13H10F2N4O2/c1-6-7(4-16-18-6)13-17-10-2-8(14)9(15)3-11(10)19(13)5-12(20)21/h2-4H,5H2,1H3,(H,16,18)(H,20,21). The summed E-state index contributed by atoms with van der Waals surface area (Å²) in [5, 5.41) is 15.6. The second-order valence-corrected chi connectivity index (χ2v) is 4.58. The highest BCUT2D eigenvalue weighted by Gasteiger charge is 2.19. The third kappa shape index (κ3) is 2.14. The van der Waals surface area contributed by atoms with Gasteiger partial charge in [-0.25, -0.2) is 13.8 Å². The first-order valence-corrected chi connectivity index (χ1v) is 6.05. The summed E-state index contributed by atoms with van der Waals surface area (Å²) in [7, 11) is 0. The van der Waals surface area contributed by atoms with Crippen LogP contribution in [-0.4, -0.2) is 30.8 Å². The fourth-order valence-corrected chi connectivity index (χ4v) is 2.20. The van der Waals surface area contributed by atoms with Gasteiger partial charge < -0.3 is 9.67 Å². The molecule has 0 fully saturated rings. The van der Waals surface area contributed by atoms with Gasteiger partial charge >= 0.3 is 5.97 Å². The quantitative estimate of drug-likeness (QED) is 0.774. The third-order valence-electron chi connectivity index (χ3n) is 3.15. The average molecular weight is 292 g/mol. The zero-order valence-corrected chi connectivity index (χ0v) is 10.9. The molecule has 0 saturated heterocycles. The van der Waals surface area contributed by atoms with Gasteiger partial charge in [0.25, 0.3) is 0 Å². The van der Waals surface area contributed by atoms with Gasteiger partial charge in [0, 0.05) is 17.8 Å². The third-order valence-corrected chi connectivity index (χ3v) is 3.15. The molecule has 0 radical (unpaired) electrons. The highest BCUT2D eigenvalue weighted by molar-refractivity contribution is 5.83. The van der Waals surface area contributed by atoms with Crippen molar-refractivity contribution in [2.75, 3.05) is 0 Å². The molecule has 0 atom stereocenters. The van der Waals surface area contributed by atoms with E-state index in [1.807, 2.05) is 0 Å². The number of fused-ring (bicyclic) bond motifs is 1. The van der Waals surface area contributed by atoms with E-state index in [2.05, 4.69) is 15.2 Å². The molecule has 3 rings (SSSR count). The highest BCUT2D eigenvalue weighted by Crippen LogP contribution is 2.27. The SMILES string of the molecule is Cc1[nH]ncc1-c1nc2cc(F)c(F)cc2n1CC(=O)O. The number of carboxylic acids is 1. The summed E-state index contributed by atoms with van der Waals surface area (Å²) in [6, 6.07) is 1.89. The van der Waals surface area contributed by atoms with E-state index in [-0.39, 0.29) is 11.0 Å². The van der Waals surface area contributed by atoms with Crippen molar-refractivity contribution in [3.63, 3.8) is 0 Å². The number of hydrogen-bond acceptors (Lipinski definition) is 3. The molecule has 8 heteroatoms. The van der Waals surface area contributed by atoms with E-state index in [9.17, 15) is 13.6 Å². The lowest BCUT2D eigenvalue weighted by Gasteiger charge is -2.05. The molecule has 0 aliphatic heterocycles. The zero-order chi connectivity index (χ0) is 15.1. The van der Waals surface area contributed by atoms with Gasteiger partial charge in [0.1, 0.15) is 12.4 Å². The Balaban J connectivity index is 2.33. The van der Waals surface area contributed by atoms with Crippen LogP contribution >= 0.6 is 0 Å². The average Bonchev–Trinajstić information content (AvgIpc) is 2.95. The van der Waals surface area contributed by atoms with Crippen LogP contribution in [0.3, 0.4) is 0 Å². The molecule has 2 heterocycles. The lowest BCUT2D eigenvalue weighted by Crippen LogP contribution is -2.10. The number of rotatable bonds is 3. The fourth-order valence-electron chi connectivity index (χ4n) is 2.20. The van der Waals surface area contributed by atoms with Crippen LogP contribution in [0.4, 0.5) is 8.78 Å². The van der Waals surface area contributed by atoms with Gasteiger partial charge in [0.2, 0.25) is 0 Å². The van der Waals surface area contributed by atoms with E-state index in [1.165, 1.54) is 10.8 Å². The molecule has 1 aromatic carbocycles. The number of hydrogen-bond donors (Lipinski definition) is 2. The van der Waals surface area contributed by atoms with Crippen LogP contribution in [0.1, 0.15) is 5.69 Å². The number of nitrogens with zero attached hydrogens (tertiary/aromatic N) is 3. The smallest absolute Gasteiger partial charge is 0.323 e. The Bertz CT molecular complexity index is 853. The number of aromatic amines is 1. The maximum Gasteiger partial charge on any atom is 0.323 e. The summed E-state index contributed by atoms with van der Waals surface area (Å²) < 4.78 is 28.0. The molecule has 0 unspecified atom stereocenters. The Morgan fingerprint density at radius 3 is 2.71 bits per heavy atom. The molecule has 2 aromatic heterocycles. The number of imidazole rings is 1. The molecule has 6 nitrogen and oxygen atoms in total. The molecular formula is C13H10F2N4O2. The van der Waals surface area contributed by atoms with E-state index in [4.69, 9.17) is 5.11 Å². The molecule has 0 amide bonds. The fraction of sp³-hybridized carbons (Fsp3) is 0.154. The van der Waals surface area contributed by atoms with Gasteiger partial charge in [-0.1, -0.05) is 0 Å². The van der Waals surface area contributed by atoms with Crippen molar-refractivity contribution in [3.8, 4) is 11.4 Å². The number of nitrogens with one attached hydrogen (secondary N) is 1. The Labute approximate surface area is 117 Å². The molecule has 2 N–H and O–H groups in total. The lowest BCUT2D eigenvalue weighted by molar-refractivity contribution is -0.137. The Morgan fingerprint density at radius 1 is 1.38 bits per heavy atom. The van der Waals surface area contributed by atoms with Gasteiger partial charge in [-0.15, -0.1) is 0 Å². The Kier molecular flexibility index (Phi) is 2.93.